The Labute approximate surface area is 89.8 Å². The number of hydrogen-bond donors (Lipinski definition) is 0. The molecule has 15 heavy (non-hydrogen) atoms. The van der Waals surface area contributed by atoms with Crippen LogP contribution in [0.5, 0.6) is 0 Å². The van der Waals surface area contributed by atoms with Crippen molar-refractivity contribution in [3.63, 3.8) is 0 Å². The highest BCUT2D eigenvalue weighted by Gasteiger charge is 2.27. The number of hydrogen-bond acceptors (Lipinski definition) is 3. The summed E-state index contributed by atoms with van der Waals surface area (Å²) in [5, 5.41) is 0. The van der Waals surface area contributed by atoms with Crippen molar-refractivity contribution in [3.05, 3.63) is 23.5 Å². The first-order valence-corrected chi connectivity index (χ1v) is 4.98. The number of esters is 1. The van der Waals surface area contributed by atoms with Gasteiger partial charge < -0.3 is 4.74 Å². The van der Waals surface area contributed by atoms with E-state index in [2.05, 4.69) is 6.58 Å². The Balaban J connectivity index is 2.91. The Morgan fingerprint density at radius 3 is 2.47 bits per heavy atom. The molecule has 0 aromatic heterocycles. The normalized spacial score (nSPS) is 21.5. The van der Waals surface area contributed by atoms with Crippen molar-refractivity contribution in [2.45, 2.75) is 33.6 Å². The number of allylic oxidation sites excluding steroid dienone is 3. The average molecular weight is 208 g/mol. The molecule has 0 heterocycles. The number of Topliss-reactive ketones (excluding diaryl/α,β-unsaturated/α-hetero) is 1. The van der Waals surface area contributed by atoms with Crippen LogP contribution in [0.3, 0.4) is 0 Å². The molecule has 1 unspecified atom stereocenters. The van der Waals surface area contributed by atoms with Gasteiger partial charge in [-0.3, -0.25) is 9.59 Å². The van der Waals surface area contributed by atoms with E-state index in [1.54, 1.807) is 6.92 Å². The fraction of sp³-hybridized carbons (Fsp3) is 0.500. The van der Waals surface area contributed by atoms with Crippen molar-refractivity contribution < 1.29 is 14.3 Å². The molecular formula is C12H16O3. The van der Waals surface area contributed by atoms with Crippen LogP contribution < -0.4 is 0 Å². The van der Waals surface area contributed by atoms with Crippen LogP contribution in [0.1, 0.15) is 33.6 Å². The second-order valence-corrected chi connectivity index (χ2v) is 4.02. The van der Waals surface area contributed by atoms with E-state index in [-0.39, 0.29) is 17.7 Å². The minimum Gasteiger partial charge on any atom is -0.431 e. The monoisotopic (exact) mass is 208 g/mol. The predicted octanol–water partition coefficient (Wildman–Crippen LogP) is 2.38. The van der Waals surface area contributed by atoms with Gasteiger partial charge in [-0.2, -0.15) is 0 Å². The molecule has 0 saturated carbocycles. The summed E-state index contributed by atoms with van der Waals surface area (Å²) < 4.78 is 5.03. The van der Waals surface area contributed by atoms with Gasteiger partial charge in [-0.05, 0) is 19.8 Å². The van der Waals surface area contributed by atoms with E-state index in [4.69, 9.17) is 4.74 Å². The summed E-state index contributed by atoms with van der Waals surface area (Å²) >= 11 is 0. The summed E-state index contributed by atoms with van der Waals surface area (Å²) in [6.07, 6.45) is 1.08. The molecule has 1 atom stereocenters. The molecule has 0 aromatic rings. The Bertz CT molecular complexity index is 350. The molecule has 3 nitrogen and oxygen atoms in total. The maximum absolute atomic E-state index is 11.6. The lowest BCUT2D eigenvalue weighted by Gasteiger charge is -2.24. The van der Waals surface area contributed by atoms with Crippen LogP contribution in [0.25, 0.3) is 0 Å². The third-order valence-electron chi connectivity index (χ3n) is 2.66. The second kappa shape index (κ2) is 4.43. The fourth-order valence-electron chi connectivity index (χ4n) is 1.62. The van der Waals surface area contributed by atoms with E-state index in [0.29, 0.717) is 24.2 Å². The van der Waals surface area contributed by atoms with Crippen molar-refractivity contribution in [1.29, 1.82) is 0 Å². The summed E-state index contributed by atoms with van der Waals surface area (Å²) in [5.74, 6) is 0.285. The minimum absolute atomic E-state index is 0.0468. The van der Waals surface area contributed by atoms with E-state index in [9.17, 15) is 9.59 Å². The number of carbonyl (C=O) groups is 2. The standard InChI is InChI=1S/C12H16O3/c1-7(2)10-5-11(14)8(3)12(6-10)15-9(4)13/h10H,1,5-6H2,2-4H3. The molecule has 0 aliphatic heterocycles. The van der Waals surface area contributed by atoms with Gasteiger partial charge in [0.05, 0.1) is 0 Å². The Morgan fingerprint density at radius 2 is 2.00 bits per heavy atom. The van der Waals surface area contributed by atoms with E-state index < -0.39 is 0 Å². The van der Waals surface area contributed by atoms with Gasteiger partial charge in [-0.1, -0.05) is 12.2 Å². The van der Waals surface area contributed by atoms with Crippen molar-refractivity contribution >= 4 is 11.8 Å². The highest BCUT2D eigenvalue weighted by Crippen LogP contribution is 2.31. The molecular weight excluding hydrogens is 192 g/mol. The van der Waals surface area contributed by atoms with Crippen LogP contribution in [0.2, 0.25) is 0 Å². The Kier molecular flexibility index (Phi) is 3.45. The highest BCUT2D eigenvalue weighted by molar-refractivity contribution is 5.96. The molecule has 3 heteroatoms. The van der Waals surface area contributed by atoms with Crippen molar-refractivity contribution in [2.75, 3.05) is 0 Å². The molecule has 1 rings (SSSR count). The SMILES string of the molecule is C=C(C)C1CC(=O)C(C)=C(OC(C)=O)C1. The topological polar surface area (TPSA) is 43.4 Å². The quantitative estimate of drug-likeness (QED) is 0.517. The van der Waals surface area contributed by atoms with Crippen LogP contribution in [0, 0.1) is 5.92 Å². The van der Waals surface area contributed by atoms with Gasteiger partial charge in [0.25, 0.3) is 0 Å². The number of ether oxygens (including phenoxy) is 1. The maximum atomic E-state index is 11.6. The molecule has 0 amide bonds. The zero-order valence-electron chi connectivity index (χ0n) is 9.42. The van der Waals surface area contributed by atoms with Crippen molar-refractivity contribution in [1.82, 2.24) is 0 Å². The third kappa shape index (κ3) is 2.78. The third-order valence-corrected chi connectivity index (χ3v) is 2.66. The van der Waals surface area contributed by atoms with Gasteiger partial charge in [0, 0.05) is 25.3 Å². The minimum atomic E-state index is -0.375. The number of carbonyl (C=O) groups excluding carboxylic acids is 2. The maximum Gasteiger partial charge on any atom is 0.307 e. The van der Waals surface area contributed by atoms with E-state index in [1.807, 2.05) is 6.92 Å². The molecule has 0 bridgehead atoms. The number of rotatable bonds is 2. The van der Waals surface area contributed by atoms with Gasteiger partial charge in [-0.15, -0.1) is 0 Å². The summed E-state index contributed by atoms with van der Waals surface area (Å²) in [6, 6.07) is 0. The van der Waals surface area contributed by atoms with E-state index >= 15 is 0 Å². The van der Waals surface area contributed by atoms with Gasteiger partial charge in [0.1, 0.15) is 5.76 Å². The lowest BCUT2D eigenvalue weighted by Crippen LogP contribution is -2.21. The van der Waals surface area contributed by atoms with Crippen LogP contribution in [-0.2, 0) is 14.3 Å². The molecule has 0 saturated heterocycles. The second-order valence-electron chi connectivity index (χ2n) is 4.02. The first kappa shape index (κ1) is 11.7. The zero-order valence-corrected chi connectivity index (χ0v) is 9.42. The molecule has 0 N–H and O–H groups in total. The molecule has 0 fully saturated rings. The van der Waals surface area contributed by atoms with Gasteiger partial charge in [0.2, 0.25) is 0 Å². The Hall–Kier alpha value is -1.38. The first-order chi connectivity index (χ1) is 6.91. The smallest absolute Gasteiger partial charge is 0.307 e. The zero-order chi connectivity index (χ0) is 11.6. The van der Waals surface area contributed by atoms with Gasteiger partial charge in [0.15, 0.2) is 5.78 Å². The highest BCUT2D eigenvalue weighted by atomic mass is 16.5. The number of ketones is 1. The average Bonchev–Trinajstić information content (AvgIpc) is 2.11. The molecule has 0 spiro atoms. The molecule has 82 valence electrons. The summed E-state index contributed by atoms with van der Waals surface area (Å²) in [7, 11) is 0. The van der Waals surface area contributed by atoms with Crippen LogP contribution in [0.4, 0.5) is 0 Å². The molecule has 0 radical (unpaired) electrons. The van der Waals surface area contributed by atoms with Crippen molar-refractivity contribution in [3.8, 4) is 0 Å². The van der Waals surface area contributed by atoms with Crippen molar-refractivity contribution in [2.24, 2.45) is 5.92 Å². The fourth-order valence-corrected chi connectivity index (χ4v) is 1.62. The van der Waals surface area contributed by atoms with Gasteiger partial charge in [-0.25, -0.2) is 0 Å². The summed E-state index contributed by atoms with van der Waals surface area (Å²) in [4.78, 5) is 22.5. The van der Waals surface area contributed by atoms with Crippen LogP contribution in [-0.4, -0.2) is 11.8 Å². The first-order valence-electron chi connectivity index (χ1n) is 4.98. The predicted molar refractivity (Wildman–Crippen MR) is 57.0 cm³/mol. The molecule has 1 aliphatic rings. The summed E-state index contributed by atoms with van der Waals surface area (Å²) in [5.41, 5.74) is 1.53. The molecule has 1 aliphatic carbocycles. The van der Waals surface area contributed by atoms with Gasteiger partial charge >= 0.3 is 5.97 Å². The lowest BCUT2D eigenvalue weighted by molar-refractivity contribution is -0.137. The lowest BCUT2D eigenvalue weighted by atomic mass is 9.84. The largest absolute Gasteiger partial charge is 0.431 e. The summed E-state index contributed by atoms with van der Waals surface area (Å²) in [6.45, 7) is 8.78. The molecule has 0 aromatic carbocycles. The van der Waals surface area contributed by atoms with Crippen LogP contribution in [0.15, 0.2) is 23.5 Å². The van der Waals surface area contributed by atoms with E-state index in [0.717, 1.165) is 5.57 Å². The van der Waals surface area contributed by atoms with E-state index in [1.165, 1.54) is 6.92 Å². The van der Waals surface area contributed by atoms with Crippen LogP contribution >= 0.6 is 0 Å². The Morgan fingerprint density at radius 1 is 1.40 bits per heavy atom.